The zero-order valence-electron chi connectivity index (χ0n) is 17.9. The molecule has 0 amide bonds. The molecule has 0 radical (unpaired) electrons. The number of benzene rings is 1. The maximum absolute atomic E-state index is 10.8. The lowest BCUT2D eigenvalue weighted by Crippen LogP contribution is -2.39. The molecule has 0 aliphatic carbocycles. The molecule has 0 spiro atoms. The van der Waals surface area contributed by atoms with E-state index in [-0.39, 0.29) is 5.92 Å². The third kappa shape index (κ3) is 4.64. The topological polar surface area (TPSA) is 70.5 Å². The molecule has 0 saturated carbocycles. The number of nitrogens with zero attached hydrogens (tertiary/aromatic N) is 3. The van der Waals surface area contributed by atoms with Crippen LogP contribution in [0.25, 0.3) is 21.3 Å². The van der Waals surface area contributed by atoms with Crippen LogP contribution in [0.1, 0.15) is 26.6 Å². The van der Waals surface area contributed by atoms with Gasteiger partial charge >= 0.3 is 0 Å². The normalized spacial score (nSPS) is 17.4. The highest BCUT2D eigenvalue weighted by Crippen LogP contribution is 2.37. The van der Waals surface area contributed by atoms with Crippen molar-refractivity contribution >= 4 is 27.4 Å². The summed E-state index contributed by atoms with van der Waals surface area (Å²) in [5.74, 6) is 1.73. The Kier molecular flexibility index (Phi) is 6.34. The van der Waals surface area contributed by atoms with Crippen LogP contribution in [0.5, 0.6) is 0 Å². The number of nitrogens with one attached hydrogen (secondary N) is 1. The molecule has 1 aliphatic rings. The molecule has 2 aromatic heterocycles. The van der Waals surface area contributed by atoms with E-state index in [1.165, 1.54) is 0 Å². The summed E-state index contributed by atoms with van der Waals surface area (Å²) in [6, 6.07) is 10.3. The average molecular weight is 427 g/mol. The number of thiophene rings is 1. The number of hydrogen-bond acceptors (Lipinski definition) is 7. The first-order chi connectivity index (χ1) is 14.4. The quantitative estimate of drug-likeness (QED) is 0.595. The predicted molar refractivity (Wildman–Crippen MR) is 123 cm³/mol. The van der Waals surface area contributed by atoms with Gasteiger partial charge in [-0.25, -0.2) is 9.97 Å². The van der Waals surface area contributed by atoms with E-state index in [2.05, 4.69) is 27.7 Å². The van der Waals surface area contributed by atoms with Gasteiger partial charge in [0.15, 0.2) is 0 Å². The van der Waals surface area contributed by atoms with Crippen molar-refractivity contribution in [2.24, 2.45) is 5.92 Å². The largest absolute Gasteiger partial charge is 0.388 e. The number of hydrogen-bond donors (Lipinski definition) is 2. The maximum atomic E-state index is 10.8. The number of aromatic nitrogens is 2. The second-order valence-corrected chi connectivity index (χ2v) is 9.30. The van der Waals surface area contributed by atoms with Crippen molar-refractivity contribution in [3.8, 4) is 11.1 Å². The van der Waals surface area contributed by atoms with E-state index in [9.17, 15) is 5.11 Å². The lowest BCUT2D eigenvalue weighted by molar-refractivity contribution is 0.0265. The molecule has 1 unspecified atom stereocenters. The standard InChI is InChI=1S/C23H30N4O2S/c1-16(2)23(3,28)15-24-21-20-18(17-7-5-4-6-8-17)14-30-22(20)26-19(25-21)13-27-9-11-29-12-10-27/h4-8,14,16,28H,9-13,15H2,1-3H3,(H,24,25,26). The molecule has 30 heavy (non-hydrogen) atoms. The lowest BCUT2D eigenvalue weighted by atomic mass is 9.92. The van der Waals surface area contributed by atoms with Crippen molar-refractivity contribution in [1.29, 1.82) is 0 Å². The van der Waals surface area contributed by atoms with Crippen LogP contribution in [0.15, 0.2) is 35.7 Å². The third-order valence-corrected chi connectivity index (χ3v) is 6.76. The molecule has 2 N–H and O–H groups in total. The Labute approximate surface area is 181 Å². The fraction of sp³-hybridized carbons (Fsp3) is 0.478. The second-order valence-electron chi connectivity index (χ2n) is 8.44. The number of fused-ring (bicyclic) bond motifs is 1. The maximum Gasteiger partial charge on any atom is 0.146 e. The summed E-state index contributed by atoms with van der Waals surface area (Å²) in [5.41, 5.74) is 1.44. The molecular formula is C23H30N4O2S. The predicted octanol–water partition coefficient (Wildman–Crippen LogP) is 4.01. The van der Waals surface area contributed by atoms with Crippen LogP contribution in [-0.4, -0.2) is 58.4 Å². The summed E-state index contributed by atoms with van der Waals surface area (Å²) >= 11 is 1.64. The van der Waals surface area contributed by atoms with Gasteiger partial charge in [-0.15, -0.1) is 11.3 Å². The van der Waals surface area contributed by atoms with Crippen molar-refractivity contribution in [3.63, 3.8) is 0 Å². The Bertz CT molecular complexity index is 982. The molecule has 7 heteroatoms. The van der Waals surface area contributed by atoms with E-state index >= 15 is 0 Å². The minimum absolute atomic E-state index is 0.131. The van der Waals surface area contributed by atoms with Gasteiger partial charge < -0.3 is 15.2 Å². The van der Waals surface area contributed by atoms with Crippen LogP contribution >= 0.6 is 11.3 Å². The highest BCUT2D eigenvalue weighted by molar-refractivity contribution is 7.17. The Balaban J connectivity index is 1.72. The minimum atomic E-state index is -0.829. The molecule has 3 heterocycles. The summed E-state index contributed by atoms with van der Waals surface area (Å²) in [5, 5.41) is 17.4. The second kappa shape index (κ2) is 8.98. The first-order valence-corrected chi connectivity index (χ1v) is 11.4. The molecule has 1 aliphatic heterocycles. The monoisotopic (exact) mass is 426 g/mol. The van der Waals surface area contributed by atoms with Gasteiger partial charge in [-0.3, -0.25) is 4.90 Å². The van der Waals surface area contributed by atoms with Crippen molar-refractivity contribution in [1.82, 2.24) is 14.9 Å². The zero-order chi connectivity index (χ0) is 21.1. The third-order valence-electron chi connectivity index (χ3n) is 5.89. The van der Waals surface area contributed by atoms with Gasteiger partial charge in [0.2, 0.25) is 0 Å². The van der Waals surface area contributed by atoms with E-state index in [0.717, 1.165) is 59.3 Å². The summed E-state index contributed by atoms with van der Waals surface area (Å²) in [6.45, 7) is 10.3. The molecule has 1 fully saturated rings. The van der Waals surface area contributed by atoms with Crippen LogP contribution in [0.4, 0.5) is 5.82 Å². The fourth-order valence-corrected chi connectivity index (χ4v) is 4.41. The highest BCUT2D eigenvalue weighted by Gasteiger charge is 2.26. The summed E-state index contributed by atoms with van der Waals surface area (Å²) < 4.78 is 5.46. The van der Waals surface area contributed by atoms with Gasteiger partial charge in [0, 0.05) is 30.6 Å². The van der Waals surface area contributed by atoms with E-state index in [1.807, 2.05) is 39.0 Å². The Morgan fingerprint density at radius 1 is 1.20 bits per heavy atom. The van der Waals surface area contributed by atoms with Crippen LogP contribution < -0.4 is 5.32 Å². The molecule has 6 nitrogen and oxygen atoms in total. The van der Waals surface area contributed by atoms with Gasteiger partial charge in [-0.2, -0.15) is 0 Å². The fourth-order valence-electron chi connectivity index (χ4n) is 3.44. The van der Waals surface area contributed by atoms with Gasteiger partial charge in [0.25, 0.3) is 0 Å². The van der Waals surface area contributed by atoms with Gasteiger partial charge in [-0.05, 0) is 18.4 Å². The molecule has 1 saturated heterocycles. The summed E-state index contributed by atoms with van der Waals surface area (Å²) in [7, 11) is 0. The van der Waals surface area contributed by atoms with Crippen molar-refractivity contribution in [2.75, 3.05) is 38.2 Å². The number of morpholine rings is 1. The Morgan fingerprint density at radius 3 is 2.63 bits per heavy atom. The summed E-state index contributed by atoms with van der Waals surface area (Å²) in [4.78, 5) is 13.1. The Morgan fingerprint density at radius 2 is 1.93 bits per heavy atom. The molecule has 3 aromatic rings. The number of rotatable bonds is 7. The van der Waals surface area contributed by atoms with Gasteiger partial charge in [0.1, 0.15) is 16.5 Å². The van der Waals surface area contributed by atoms with Crippen LogP contribution in [0.2, 0.25) is 0 Å². The van der Waals surface area contributed by atoms with Crippen molar-refractivity contribution in [3.05, 3.63) is 41.5 Å². The zero-order valence-corrected chi connectivity index (χ0v) is 18.7. The van der Waals surface area contributed by atoms with Crippen molar-refractivity contribution in [2.45, 2.75) is 32.9 Å². The lowest BCUT2D eigenvalue weighted by Gasteiger charge is -2.28. The molecule has 160 valence electrons. The Hall–Kier alpha value is -2.06. The van der Waals surface area contributed by atoms with Crippen molar-refractivity contribution < 1.29 is 9.84 Å². The highest BCUT2D eigenvalue weighted by atomic mass is 32.1. The number of ether oxygens (including phenoxy) is 1. The van der Waals surface area contributed by atoms with E-state index in [1.54, 1.807) is 11.3 Å². The summed E-state index contributed by atoms with van der Waals surface area (Å²) in [6.07, 6.45) is 0. The average Bonchev–Trinajstić information content (AvgIpc) is 3.17. The van der Waals surface area contributed by atoms with Crippen LogP contribution in [-0.2, 0) is 11.3 Å². The molecule has 4 rings (SSSR count). The number of anilines is 1. The first kappa shape index (κ1) is 21.2. The van der Waals surface area contributed by atoms with Gasteiger partial charge in [0.05, 0.1) is 30.7 Å². The van der Waals surface area contributed by atoms with E-state index < -0.39 is 5.60 Å². The van der Waals surface area contributed by atoms with Gasteiger partial charge in [-0.1, -0.05) is 44.2 Å². The molecule has 1 aromatic carbocycles. The first-order valence-electron chi connectivity index (χ1n) is 10.5. The van der Waals surface area contributed by atoms with E-state index in [4.69, 9.17) is 14.7 Å². The molecular weight excluding hydrogens is 396 g/mol. The molecule has 0 bridgehead atoms. The van der Waals surface area contributed by atoms with Crippen LogP contribution in [0.3, 0.4) is 0 Å². The smallest absolute Gasteiger partial charge is 0.146 e. The minimum Gasteiger partial charge on any atom is -0.388 e. The van der Waals surface area contributed by atoms with E-state index in [0.29, 0.717) is 13.1 Å². The van der Waals surface area contributed by atoms with Crippen LogP contribution in [0, 0.1) is 5.92 Å². The molecule has 1 atom stereocenters. The number of aliphatic hydroxyl groups is 1. The SMILES string of the molecule is CC(C)C(C)(O)CNc1nc(CN2CCOCC2)nc2scc(-c3ccccc3)c12.